The summed E-state index contributed by atoms with van der Waals surface area (Å²) in [6, 6.07) is 11.4. The molecule has 2 N–H and O–H groups in total. The number of aromatic carboxylic acids is 1. The van der Waals surface area contributed by atoms with E-state index in [1.54, 1.807) is 18.2 Å². The minimum absolute atomic E-state index is 0.121. The summed E-state index contributed by atoms with van der Waals surface area (Å²) in [5.41, 5.74) is 2.15. The zero-order chi connectivity index (χ0) is 20.9. The molecule has 1 aromatic heterocycles. The maximum absolute atomic E-state index is 12.5. The highest BCUT2D eigenvalue weighted by Crippen LogP contribution is 2.18. The lowest BCUT2D eigenvalue weighted by Gasteiger charge is -2.07. The van der Waals surface area contributed by atoms with Crippen LogP contribution in [0.5, 0.6) is 0 Å². The van der Waals surface area contributed by atoms with Crippen molar-refractivity contribution < 1.29 is 22.7 Å². The Morgan fingerprint density at radius 3 is 2.55 bits per heavy atom. The van der Waals surface area contributed by atoms with Gasteiger partial charge in [0.25, 0.3) is 0 Å². The van der Waals surface area contributed by atoms with Crippen LogP contribution < -0.4 is 4.72 Å². The topological polar surface area (TPSA) is 110 Å². The third kappa shape index (κ3) is 5.42. The number of unbranched alkanes of at least 4 members (excludes halogenated alkanes) is 2. The van der Waals surface area contributed by atoms with Crippen molar-refractivity contribution in [3.8, 4) is 0 Å². The number of oxazole rings is 1. The second-order valence-corrected chi connectivity index (χ2v) is 8.61. The molecule has 0 amide bonds. The lowest BCUT2D eigenvalue weighted by Crippen LogP contribution is -2.26. The first-order chi connectivity index (χ1) is 13.9. The van der Waals surface area contributed by atoms with Gasteiger partial charge in [-0.1, -0.05) is 31.9 Å². The number of carboxylic acid groups (broad SMARTS) is 1. The van der Waals surface area contributed by atoms with Gasteiger partial charge >= 0.3 is 5.97 Å². The van der Waals surface area contributed by atoms with E-state index >= 15 is 0 Å². The van der Waals surface area contributed by atoms with E-state index in [0.717, 1.165) is 31.2 Å². The Labute approximate surface area is 169 Å². The predicted octanol–water partition coefficient (Wildman–Crippen LogP) is 3.78. The van der Waals surface area contributed by atoms with Crippen molar-refractivity contribution in [2.24, 2.45) is 0 Å². The van der Waals surface area contributed by atoms with Crippen LogP contribution in [-0.4, -0.2) is 31.0 Å². The summed E-state index contributed by atoms with van der Waals surface area (Å²) < 4.78 is 33.0. The van der Waals surface area contributed by atoms with Crippen molar-refractivity contribution in [3.05, 3.63) is 59.5 Å². The molecule has 0 aliphatic heterocycles. The minimum Gasteiger partial charge on any atom is -0.478 e. The molecule has 2 aromatic carbocycles. The molecular formula is C21H24N2O5S. The Bertz CT molecular complexity index is 1090. The smallest absolute Gasteiger partial charge is 0.335 e. The van der Waals surface area contributed by atoms with Crippen LogP contribution in [0, 0.1) is 0 Å². The molecular weight excluding hydrogens is 392 g/mol. The van der Waals surface area contributed by atoms with E-state index in [1.807, 2.05) is 12.1 Å². The Morgan fingerprint density at radius 2 is 1.86 bits per heavy atom. The predicted molar refractivity (Wildman–Crippen MR) is 110 cm³/mol. The van der Waals surface area contributed by atoms with E-state index in [-0.39, 0.29) is 23.4 Å². The monoisotopic (exact) mass is 416 g/mol. The van der Waals surface area contributed by atoms with Gasteiger partial charge < -0.3 is 9.52 Å². The van der Waals surface area contributed by atoms with Gasteiger partial charge in [0.1, 0.15) is 5.52 Å². The molecule has 0 spiro atoms. The van der Waals surface area contributed by atoms with E-state index in [0.29, 0.717) is 17.0 Å². The quantitative estimate of drug-likeness (QED) is 0.487. The Kier molecular flexibility index (Phi) is 6.66. The summed E-state index contributed by atoms with van der Waals surface area (Å²) in [7, 11) is -3.62. The number of aromatic nitrogens is 1. The molecule has 0 saturated heterocycles. The molecule has 0 saturated carbocycles. The van der Waals surface area contributed by atoms with Crippen molar-refractivity contribution in [1.29, 1.82) is 0 Å². The van der Waals surface area contributed by atoms with Crippen LogP contribution in [0.15, 0.2) is 51.8 Å². The molecule has 1 heterocycles. The molecule has 3 aromatic rings. The third-order valence-corrected chi connectivity index (χ3v) is 6.09. The molecule has 0 aliphatic rings. The molecule has 7 nitrogen and oxygen atoms in total. The van der Waals surface area contributed by atoms with Gasteiger partial charge in [0, 0.05) is 13.0 Å². The van der Waals surface area contributed by atoms with Crippen LogP contribution in [0.2, 0.25) is 0 Å². The molecule has 154 valence electrons. The largest absolute Gasteiger partial charge is 0.478 e. The van der Waals surface area contributed by atoms with Gasteiger partial charge in [-0.2, -0.15) is 0 Å². The summed E-state index contributed by atoms with van der Waals surface area (Å²) in [6.07, 6.45) is 4.61. The van der Waals surface area contributed by atoms with Gasteiger partial charge in [0.15, 0.2) is 11.5 Å². The number of rotatable bonds is 10. The number of carbonyl (C=O) groups is 1. The van der Waals surface area contributed by atoms with E-state index in [9.17, 15) is 13.2 Å². The average Bonchev–Trinajstić information content (AvgIpc) is 3.10. The van der Waals surface area contributed by atoms with Crippen LogP contribution in [0.4, 0.5) is 0 Å². The van der Waals surface area contributed by atoms with Crippen molar-refractivity contribution in [3.63, 3.8) is 0 Å². The Balaban J connectivity index is 1.59. The summed E-state index contributed by atoms with van der Waals surface area (Å²) in [6.45, 7) is 2.27. The van der Waals surface area contributed by atoms with Gasteiger partial charge in [-0.25, -0.2) is 22.9 Å². The van der Waals surface area contributed by atoms with Gasteiger partial charge in [-0.05, 0) is 48.7 Å². The molecule has 29 heavy (non-hydrogen) atoms. The number of nitrogens with zero attached hydrogens (tertiary/aromatic N) is 1. The number of sulfonamides is 1. The number of hydrogen-bond donors (Lipinski definition) is 2. The fourth-order valence-corrected chi connectivity index (χ4v) is 4.04. The maximum atomic E-state index is 12.5. The van der Waals surface area contributed by atoms with Crippen LogP contribution in [0.1, 0.15) is 48.0 Å². The van der Waals surface area contributed by atoms with Gasteiger partial charge in [-0.15, -0.1) is 0 Å². The molecule has 0 unspecified atom stereocenters. The third-order valence-electron chi connectivity index (χ3n) is 4.61. The van der Waals surface area contributed by atoms with Crippen LogP contribution >= 0.6 is 0 Å². The SMILES string of the molecule is CCCCCc1ccc(S(=O)(=O)NCCc2nc3cc(C(=O)O)ccc3o2)cc1. The fourth-order valence-electron chi connectivity index (χ4n) is 3.01. The Morgan fingerprint density at radius 1 is 1.10 bits per heavy atom. The highest BCUT2D eigenvalue weighted by Gasteiger charge is 2.15. The zero-order valence-electron chi connectivity index (χ0n) is 16.2. The highest BCUT2D eigenvalue weighted by molar-refractivity contribution is 7.89. The van der Waals surface area contributed by atoms with Crippen molar-refractivity contribution in [1.82, 2.24) is 9.71 Å². The molecule has 0 aliphatic carbocycles. The van der Waals surface area contributed by atoms with Gasteiger partial charge in [0.2, 0.25) is 10.0 Å². The first-order valence-electron chi connectivity index (χ1n) is 9.60. The normalized spacial score (nSPS) is 11.8. The molecule has 8 heteroatoms. The second kappa shape index (κ2) is 9.19. The average molecular weight is 416 g/mol. The summed E-state index contributed by atoms with van der Waals surface area (Å²) in [5, 5.41) is 9.03. The second-order valence-electron chi connectivity index (χ2n) is 6.84. The first kappa shape index (κ1) is 21.0. The van der Waals surface area contributed by atoms with Crippen molar-refractivity contribution in [2.75, 3.05) is 6.54 Å². The number of benzene rings is 2. The van der Waals surface area contributed by atoms with E-state index in [2.05, 4.69) is 16.6 Å². The summed E-state index contributed by atoms with van der Waals surface area (Å²) in [4.78, 5) is 15.5. The Hall–Kier alpha value is -2.71. The van der Waals surface area contributed by atoms with Crippen LogP contribution in [0.25, 0.3) is 11.1 Å². The lowest BCUT2D eigenvalue weighted by molar-refractivity contribution is 0.0697. The molecule has 0 fully saturated rings. The molecule has 0 radical (unpaired) electrons. The van der Waals surface area contributed by atoms with E-state index < -0.39 is 16.0 Å². The highest BCUT2D eigenvalue weighted by atomic mass is 32.2. The lowest BCUT2D eigenvalue weighted by atomic mass is 10.1. The van der Waals surface area contributed by atoms with E-state index in [1.165, 1.54) is 12.1 Å². The standard InChI is InChI=1S/C21H24N2O5S/c1-2-3-4-5-15-6-9-17(10-7-15)29(26,27)22-13-12-20-23-18-14-16(21(24)25)8-11-19(18)28-20/h6-11,14,22H,2-5,12-13H2,1H3,(H,24,25). The van der Waals surface area contributed by atoms with Gasteiger partial charge in [0.05, 0.1) is 10.5 Å². The molecule has 3 rings (SSSR count). The fraction of sp³-hybridized carbons (Fsp3) is 0.333. The van der Waals surface area contributed by atoms with Crippen LogP contribution in [-0.2, 0) is 22.9 Å². The van der Waals surface area contributed by atoms with Crippen LogP contribution in [0.3, 0.4) is 0 Å². The number of nitrogens with one attached hydrogen (secondary N) is 1. The summed E-state index contributed by atoms with van der Waals surface area (Å²) in [5.74, 6) is -0.697. The number of carboxylic acids is 1. The number of fused-ring (bicyclic) bond motifs is 1. The summed E-state index contributed by atoms with van der Waals surface area (Å²) >= 11 is 0. The molecule has 0 bridgehead atoms. The minimum atomic E-state index is -3.62. The number of hydrogen-bond acceptors (Lipinski definition) is 5. The van der Waals surface area contributed by atoms with Gasteiger partial charge in [-0.3, -0.25) is 0 Å². The maximum Gasteiger partial charge on any atom is 0.335 e. The first-order valence-corrected chi connectivity index (χ1v) is 11.1. The van der Waals surface area contributed by atoms with Crippen molar-refractivity contribution in [2.45, 2.75) is 43.9 Å². The number of aryl methyl sites for hydroxylation is 1. The zero-order valence-corrected chi connectivity index (χ0v) is 17.0. The van der Waals surface area contributed by atoms with Crippen molar-refractivity contribution >= 4 is 27.1 Å². The van der Waals surface area contributed by atoms with E-state index in [4.69, 9.17) is 9.52 Å². The molecule has 0 atom stereocenters.